The second-order valence-corrected chi connectivity index (χ2v) is 6.95. The Hall–Kier alpha value is -0.820. The molecule has 0 atom stereocenters. The van der Waals surface area contributed by atoms with E-state index in [-0.39, 0.29) is 12.3 Å². The number of nitrogens with one attached hydrogen (secondary N) is 2. The van der Waals surface area contributed by atoms with Crippen LogP contribution in [0.3, 0.4) is 0 Å². The molecule has 7 heteroatoms. The summed E-state index contributed by atoms with van der Waals surface area (Å²) in [5.74, 6) is 0.697. The lowest BCUT2D eigenvalue weighted by molar-refractivity contribution is 0.409. The highest BCUT2D eigenvalue weighted by Crippen LogP contribution is 2.26. The molecule has 120 valence electrons. The van der Waals surface area contributed by atoms with Gasteiger partial charge in [-0.2, -0.15) is 0 Å². The van der Waals surface area contributed by atoms with Crippen molar-refractivity contribution in [3.8, 4) is 5.75 Å². The van der Waals surface area contributed by atoms with Crippen LogP contribution in [0.2, 0.25) is 5.02 Å². The molecule has 2 N–H and O–H groups in total. The number of hydrogen-bond acceptors (Lipinski definition) is 4. The summed E-state index contributed by atoms with van der Waals surface area (Å²) in [6.45, 7) is 3.90. The van der Waals surface area contributed by atoms with Crippen LogP contribution >= 0.6 is 11.6 Å². The lowest BCUT2D eigenvalue weighted by Gasteiger charge is -2.11. The Morgan fingerprint density at radius 1 is 1.29 bits per heavy atom. The highest BCUT2D eigenvalue weighted by Gasteiger charge is 2.13. The van der Waals surface area contributed by atoms with Crippen LogP contribution in [-0.2, 0) is 16.6 Å². The minimum absolute atomic E-state index is 0.116. The normalized spacial score (nSPS) is 11.6. The predicted octanol–water partition coefficient (Wildman–Crippen LogP) is 2.16. The molecule has 0 spiro atoms. The molecule has 0 aliphatic carbocycles. The first-order chi connectivity index (χ1) is 10.00. The number of hydrogen-bond donors (Lipinski definition) is 2. The first-order valence-corrected chi connectivity index (χ1v) is 9.02. The molecule has 21 heavy (non-hydrogen) atoms. The zero-order valence-electron chi connectivity index (χ0n) is 12.5. The summed E-state index contributed by atoms with van der Waals surface area (Å²) in [6, 6.07) is 5.23. The molecule has 1 aromatic rings. The molecule has 0 bridgehead atoms. The number of halogens is 1. The average Bonchev–Trinajstić information content (AvgIpc) is 2.45. The lowest BCUT2D eigenvalue weighted by Crippen LogP contribution is -2.27. The highest BCUT2D eigenvalue weighted by molar-refractivity contribution is 7.89. The minimum Gasteiger partial charge on any atom is -0.496 e. The molecule has 1 aromatic carbocycles. The molecule has 0 aliphatic heterocycles. The summed E-state index contributed by atoms with van der Waals surface area (Å²) >= 11 is 6.08. The number of sulfonamides is 1. The van der Waals surface area contributed by atoms with Crippen LogP contribution in [0.25, 0.3) is 0 Å². The van der Waals surface area contributed by atoms with Gasteiger partial charge in [0.1, 0.15) is 5.75 Å². The van der Waals surface area contributed by atoms with Crippen LogP contribution in [0.4, 0.5) is 0 Å². The monoisotopic (exact) mass is 334 g/mol. The van der Waals surface area contributed by atoms with Crippen LogP contribution in [0.5, 0.6) is 5.75 Å². The van der Waals surface area contributed by atoms with E-state index in [4.69, 9.17) is 16.3 Å². The van der Waals surface area contributed by atoms with Crippen molar-refractivity contribution in [3.05, 3.63) is 28.8 Å². The third-order valence-corrected chi connectivity index (χ3v) is 4.80. The van der Waals surface area contributed by atoms with Crippen LogP contribution in [0.15, 0.2) is 18.2 Å². The van der Waals surface area contributed by atoms with Crippen molar-refractivity contribution in [1.82, 2.24) is 10.0 Å². The van der Waals surface area contributed by atoms with Gasteiger partial charge in [0.2, 0.25) is 10.0 Å². The summed E-state index contributed by atoms with van der Waals surface area (Å²) < 4.78 is 31.6. The van der Waals surface area contributed by atoms with Gasteiger partial charge in [0.25, 0.3) is 0 Å². The average molecular weight is 335 g/mol. The maximum atomic E-state index is 11.9. The molecular weight excluding hydrogens is 312 g/mol. The Balaban J connectivity index is 2.50. The number of unbranched alkanes of at least 4 members (excludes halogenated alkanes) is 1. The standard InChI is InChI=1S/C14H23ClN2O3S/c1-3-16-9-4-5-10-21(18,19)17-11-12-13(15)7-6-8-14(12)20-2/h6-8,16-17H,3-5,9-11H2,1-2H3. The van der Waals surface area contributed by atoms with Crippen molar-refractivity contribution in [2.45, 2.75) is 26.3 Å². The van der Waals surface area contributed by atoms with Crippen LogP contribution in [0, 0.1) is 0 Å². The highest BCUT2D eigenvalue weighted by atomic mass is 35.5. The van der Waals surface area contributed by atoms with Crippen molar-refractivity contribution in [2.24, 2.45) is 0 Å². The molecular formula is C14H23ClN2O3S. The fourth-order valence-corrected chi connectivity index (χ4v) is 3.20. The second-order valence-electron chi connectivity index (χ2n) is 4.62. The van der Waals surface area contributed by atoms with Crippen LogP contribution < -0.4 is 14.8 Å². The molecule has 0 aliphatic rings. The van der Waals surface area contributed by atoms with Gasteiger partial charge in [0, 0.05) is 17.1 Å². The van der Waals surface area contributed by atoms with E-state index < -0.39 is 10.0 Å². The Morgan fingerprint density at radius 2 is 2.05 bits per heavy atom. The van der Waals surface area contributed by atoms with E-state index in [0.717, 1.165) is 19.5 Å². The van der Waals surface area contributed by atoms with Crippen molar-refractivity contribution in [1.29, 1.82) is 0 Å². The molecule has 0 radical (unpaired) electrons. The summed E-state index contributed by atoms with van der Waals surface area (Å²) in [4.78, 5) is 0. The zero-order chi connectivity index (χ0) is 15.7. The van der Waals surface area contributed by atoms with Gasteiger partial charge in [-0.05, 0) is 38.1 Å². The van der Waals surface area contributed by atoms with Gasteiger partial charge >= 0.3 is 0 Å². The van der Waals surface area contributed by atoms with Gasteiger partial charge in [-0.1, -0.05) is 24.6 Å². The van der Waals surface area contributed by atoms with E-state index in [9.17, 15) is 8.42 Å². The minimum atomic E-state index is -3.30. The summed E-state index contributed by atoms with van der Waals surface area (Å²) in [7, 11) is -1.77. The molecule has 0 unspecified atom stereocenters. The van der Waals surface area contributed by atoms with Gasteiger partial charge in [-0.15, -0.1) is 0 Å². The SMILES string of the molecule is CCNCCCCS(=O)(=O)NCc1c(Cl)cccc1OC. The number of methoxy groups -OCH3 is 1. The Morgan fingerprint density at radius 3 is 2.71 bits per heavy atom. The van der Waals surface area contributed by atoms with Crippen molar-refractivity contribution < 1.29 is 13.2 Å². The van der Waals surface area contributed by atoms with E-state index in [1.54, 1.807) is 18.2 Å². The lowest BCUT2D eigenvalue weighted by atomic mass is 10.2. The maximum Gasteiger partial charge on any atom is 0.211 e. The summed E-state index contributed by atoms with van der Waals surface area (Å²) in [5, 5.41) is 3.66. The smallest absolute Gasteiger partial charge is 0.211 e. The number of rotatable bonds is 10. The van der Waals surface area contributed by atoms with Crippen LogP contribution in [0.1, 0.15) is 25.3 Å². The van der Waals surface area contributed by atoms with E-state index in [1.807, 2.05) is 6.92 Å². The molecule has 0 amide bonds. The third kappa shape index (κ3) is 6.65. The number of benzene rings is 1. The van der Waals surface area contributed by atoms with Gasteiger partial charge < -0.3 is 10.1 Å². The first kappa shape index (κ1) is 18.2. The van der Waals surface area contributed by atoms with Gasteiger partial charge in [-0.25, -0.2) is 13.1 Å². The van der Waals surface area contributed by atoms with Gasteiger partial charge in [-0.3, -0.25) is 0 Å². The van der Waals surface area contributed by atoms with Crippen LogP contribution in [-0.4, -0.2) is 34.4 Å². The maximum absolute atomic E-state index is 11.9. The molecule has 0 aromatic heterocycles. The summed E-state index contributed by atoms with van der Waals surface area (Å²) in [5.41, 5.74) is 0.651. The molecule has 5 nitrogen and oxygen atoms in total. The molecule has 1 rings (SSSR count). The Bertz CT molecular complexity index is 535. The fraction of sp³-hybridized carbons (Fsp3) is 0.571. The third-order valence-electron chi connectivity index (χ3n) is 3.03. The number of ether oxygens (including phenoxy) is 1. The topological polar surface area (TPSA) is 67.4 Å². The van der Waals surface area contributed by atoms with E-state index >= 15 is 0 Å². The van der Waals surface area contributed by atoms with Gasteiger partial charge in [0.15, 0.2) is 0 Å². The Kier molecular flexibility index (Phi) is 8.03. The van der Waals surface area contributed by atoms with Crippen molar-refractivity contribution >= 4 is 21.6 Å². The second kappa shape index (κ2) is 9.25. The summed E-state index contributed by atoms with van der Waals surface area (Å²) in [6.07, 6.45) is 1.46. The van der Waals surface area contributed by atoms with E-state index in [1.165, 1.54) is 7.11 Å². The first-order valence-electron chi connectivity index (χ1n) is 6.99. The molecule has 0 fully saturated rings. The molecule has 0 saturated carbocycles. The van der Waals surface area contributed by atoms with Crippen molar-refractivity contribution in [2.75, 3.05) is 26.0 Å². The van der Waals surface area contributed by atoms with E-state index in [2.05, 4.69) is 10.0 Å². The Labute approximate surface area is 132 Å². The van der Waals surface area contributed by atoms with Gasteiger partial charge in [0.05, 0.1) is 12.9 Å². The predicted molar refractivity (Wildman–Crippen MR) is 86.4 cm³/mol. The molecule has 0 heterocycles. The quantitative estimate of drug-likeness (QED) is 0.643. The fourth-order valence-electron chi connectivity index (χ4n) is 1.87. The largest absolute Gasteiger partial charge is 0.496 e. The van der Waals surface area contributed by atoms with E-state index in [0.29, 0.717) is 22.8 Å². The van der Waals surface area contributed by atoms with Crippen molar-refractivity contribution in [3.63, 3.8) is 0 Å². The molecule has 0 saturated heterocycles. The zero-order valence-corrected chi connectivity index (χ0v) is 14.1.